The average Bonchev–Trinajstić information content (AvgIpc) is 3.01. The second kappa shape index (κ2) is 6.84. The summed E-state index contributed by atoms with van der Waals surface area (Å²) in [4.78, 5) is 17.4. The minimum Gasteiger partial charge on any atom is -0.310 e. The summed E-state index contributed by atoms with van der Waals surface area (Å²) in [7, 11) is 0. The van der Waals surface area contributed by atoms with Gasteiger partial charge in [-0.15, -0.1) is 0 Å². The number of hydrogen-bond donors (Lipinski definition) is 1. The van der Waals surface area contributed by atoms with E-state index in [1.807, 2.05) is 90.3 Å². The molecule has 0 spiro atoms. The van der Waals surface area contributed by atoms with E-state index >= 15 is 0 Å². The summed E-state index contributed by atoms with van der Waals surface area (Å²) in [5.41, 5.74) is 4.65. The molecule has 0 aliphatic carbocycles. The number of nitrogens with one attached hydrogen (secondary N) is 1. The Morgan fingerprint density at radius 1 is 0.962 bits per heavy atom. The Labute approximate surface area is 152 Å². The highest BCUT2D eigenvalue weighted by atomic mass is 16.1. The predicted octanol–water partition coefficient (Wildman–Crippen LogP) is 4.49. The largest absolute Gasteiger partial charge is 0.310 e. The lowest BCUT2D eigenvalue weighted by Crippen LogP contribution is -2.16. The highest BCUT2D eigenvalue weighted by Gasteiger charge is 2.16. The van der Waals surface area contributed by atoms with Crippen molar-refractivity contribution in [1.82, 2.24) is 9.38 Å². The molecule has 0 saturated carbocycles. The fourth-order valence-electron chi connectivity index (χ4n) is 3.03. The van der Waals surface area contributed by atoms with E-state index in [0.29, 0.717) is 12.2 Å². The lowest BCUT2D eigenvalue weighted by Gasteiger charge is -2.08. The molecule has 0 aliphatic rings. The number of pyridine rings is 1. The van der Waals surface area contributed by atoms with Crippen LogP contribution >= 0.6 is 0 Å². The van der Waals surface area contributed by atoms with Crippen LogP contribution in [0.5, 0.6) is 0 Å². The van der Waals surface area contributed by atoms with Crippen molar-refractivity contribution in [3.8, 4) is 11.3 Å². The van der Waals surface area contributed by atoms with Gasteiger partial charge in [0, 0.05) is 11.8 Å². The number of anilines is 1. The fourth-order valence-corrected chi connectivity index (χ4v) is 3.03. The molecule has 0 saturated heterocycles. The van der Waals surface area contributed by atoms with E-state index in [2.05, 4.69) is 5.32 Å². The summed E-state index contributed by atoms with van der Waals surface area (Å²) in [5, 5.41) is 3.07. The molecule has 0 bridgehead atoms. The van der Waals surface area contributed by atoms with E-state index in [1.54, 1.807) is 0 Å². The summed E-state index contributed by atoms with van der Waals surface area (Å²) in [6.45, 7) is 2.03. The first-order chi connectivity index (χ1) is 12.7. The van der Waals surface area contributed by atoms with Crippen LogP contribution in [0.4, 0.5) is 5.82 Å². The minimum atomic E-state index is -0.0586. The van der Waals surface area contributed by atoms with Gasteiger partial charge in [0.15, 0.2) is 0 Å². The van der Waals surface area contributed by atoms with Crippen molar-refractivity contribution in [3.63, 3.8) is 0 Å². The highest BCUT2D eigenvalue weighted by Crippen LogP contribution is 2.29. The van der Waals surface area contributed by atoms with Crippen molar-refractivity contribution in [2.45, 2.75) is 13.3 Å². The van der Waals surface area contributed by atoms with Gasteiger partial charge in [0.1, 0.15) is 17.2 Å². The van der Waals surface area contributed by atoms with Crippen molar-refractivity contribution < 1.29 is 4.79 Å². The van der Waals surface area contributed by atoms with Gasteiger partial charge >= 0.3 is 0 Å². The number of rotatable bonds is 4. The van der Waals surface area contributed by atoms with Gasteiger partial charge in [0.05, 0.1) is 6.42 Å². The lowest BCUT2D eigenvalue weighted by molar-refractivity contribution is -0.115. The monoisotopic (exact) mass is 341 g/mol. The first-order valence-corrected chi connectivity index (χ1v) is 8.58. The second-order valence-corrected chi connectivity index (χ2v) is 6.32. The maximum absolute atomic E-state index is 12.6. The van der Waals surface area contributed by atoms with Crippen molar-refractivity contribution in [3.05, 3.63) is 90.1 Å². The van der Waals surface area contributed by atoms with Gasteiger partial charge in [-0.25, -0.2) is 4.98 Å². The molecule has 0 unspecified atom stereocenters. The smallest absolute Gasteiger partial charge is 0.229 e. The Morgan fingerprint density at radius 2 is 1.65 bits per heavy atom. The molecule has 4 nitrogen and oxygen atoms in total. The van der Waals surface area contributed by atoms with E-state index < -0.39 is 0 Å². The van der Waals surface area contributed by atoms with Crippen LogP contribution in [0.15, 0.2) is 79.0 Å². The van der Waals surface area contributed by atoms with Gasteiger partial charge < -0.3 is 5.32 Å². The molecule has 0 fully saturated rings. The molecule has 4 aromatic rings. The zero-order valence-corrected chi connectivity index (χ0v) is 14.5. The molecule has 128 valence electrons. The molecule has 1 amide bonds. The average molecular weight is 341 g/mol. The number of aryl methyl sites for hydroxylation is 1. The molecular weight excluding hydrogens is 322 g/mol. The van der Waals surface area contributed by atoms with Gasteiger partial charge in [0.25, 0.3) is 0 Å². The Morgan fingerprint density at radius 3 is 2.38 bits per heavy atom. The number of carbonyl (C=O) groups is 1. The molecule has 0 atom stereocenters. The Kier molecular flexibility index (Phi) is 4.23. The summed E-state index contributed by atoms with van der Waals surface area (Å²) in [5.74, 6) is 0.646. The number of carbonyl (C=O) groups excluding carboxylic acids is 1. The van der Waals surface area contributed by atoms with Crippen LogP contribution in [0.1, 0.15) is 11.1 Å². The van der Waals surface area contributed by atoms with Gasteiger partial charge in [0.2, 0.25) is 5.91 Å². The third-order valence-corrected chi connectivity index (χ3v) is 4.28. The van der Waals surface area contributed by atoms with Gasteiger partial charge in [-0.1, -0.05) is 66.7 Å². The summed E-state index contributed by atoms with van der Waals surface area (Å²) >= 11 is 0. The van der Waals surface area contributed by atoms with Crippen LogP contribution in [0, 0.1) is 6.92 Å². The van der Waals surface area contributed by atoms with Crippen LogP contribution < -0.4 is 5.32 Å². The molecule has 2 heterocycles. The zero-order chi connectivity index (χ0) is 17.9. The van der Waals surface area contributed by atoms with Crippen molar-refractivity contribution in [1.29, 1.82) is 0 Å². The second-order valence-electron chi connectivity index (χ2n) is 6.32. The number of amides is 1. The lowest BCUT2D eigenvalue weighted by atomic mass is 10.1. The molecule has 26 heavy (non-hydrogen) atoms. The first kappa shape index (κ1) is 16.1. The maximum atomic E-state index is 12.6. The first-order valence-electron chi connectivity index (χ1n) is 8.58. The standard InChI is InChI=1S/C22H19N3O/c1-16-12-13-19-23-21(18-10-6-3-7-11-18)22(25(19)15-16)24-20(26)14-17-8-4-2-5-9-17/h2-13,15H,14H2,1H3,(H,24,26). The van der Waals surface area contributed by atoms with E-state index in [1.165, 1.54) is 0 Å². The van der Waals surface area contributed by atoms with Crippen LogP contribution in [0.25, 0.3) is 16.9 Å². The summed E-state index contributed by atoms with van der Waals surface area (Å²) < 4.78 is 1.94. The van der Waals surface area contributed by atoms with Crippen LogP contribution in [-0.4, -0.2) is 15.3 Å². The van der Waals surface area contributed by atoms with Gasteiger partial charge in [-0.3, -0.25) is 9.20 Å². The maximum Gasteiger partial charge on any atom is 0.229 e. The minimum absolute atomic E-state index is 0.0586. The SMILES string of the molecule is Cc1ccc2nc(-c3ccccc3)c(NC(=O)Cc3ccccc3)n2c1. The third-order valence-electron chi connectivity index (χ3n) is 4.28. The Hall–Kier alpha value is -3.40. The Balaban J connectivity index is 1.74. The number of hydrogen-bond acceptors (Lipinski definition) is 2. The number of nitrogens with zero attached hydrogens (tertiary/aromatic N) is 2. The quantitative estimate of drug-likeness (QED) is 0.594. The molecule has 4 heteroatoms. The fraction of sp³-hybridized carbons (Fsp3) is 0.0909. The molecule has 2 aromatic carbocycles. The molecular formula is C22H19N3O. The van der Waals surface area contributed by atoms with Gasteiger partial charge in [-0.05, 0) is 24.1 Å². The van der Waals surface area contributed by atoms with Crippen LogP contribution in [-0.2, 0) is 11.2 Å². The predicted molar refractivity (Wildman–Crippen MR) is 104 cm³/mol. The van der Waals surface area contributed by atoms with Crippen molar-refractivity contribution in [2.75, 3.05) is 5.32 Å². The van der Waals surface area contributed by atoms with E-state index in [9.17, 15) is 4.79 Å². The molecule has 2 aromatic heterocycles. The molecule has 1 N–H and O–H groups in total. The number of benzene rings is 2. The number of aromatic nitrogens is 2. The zero-order valence-electron chi connectivity index (χ0n) is 14.5. The van der Waals surface area contributed by atoms with E-state index in [0.717, 1.165) is 28.0 Å². The topological polar surface area (TPSA) is 46.4 Å². The third kappa shape index (κ3) is 3.22. The summed E-state index contributed by atoms with van der Waals surface area (Å²) in [6, 6.07) is 23.6. The normalized spacial score (nSPS) is 10.8. The highest BCUT2D eigenvalue weighted by molar-refractivity contribution is 5.95. The molecule has 0 aliphatic heterocycles. The van der Waals surface area contributed by atoms with Crippen LogP contribution in [0.2, 0.25) is 0 Å². The van der Waals surface area contributed by atoms with Crippen molar-refractivity contribution >= 4 is 17.4 Å². The van der Waals surface area contributed by atoms with E-state index in [-0.39, 0.29) is 5.91 Å². The summed E-state index contributed by atoms with van der Waals surface area (Å²) in [6.07, 6.45) is 2.32. The van der Waals surface area contributed by atoms with Gasteiger partial charge in [-0.2, -0.15) is 0 Å². The number of fused-ring (bicyclic) bond motifs is 1. The number of imidazole rings is 1. The molecule has 0 radical (unpaired) electrons. The van der Waals surface area contributed by atoms with Crippen LogP contribution in [0.3, 0.4) is 0 Å². The molecule has 4 rings (SSSR count). The Bertz CT molecular complexity index is 1050. The van der Waals surface area contributed by atoms with E-state index in [4.69, 9.17) is 4.98 Å². The van der Waals surface area contributed by atoms with Crippen molar-refractivity contribution in [2.24, 2.45) is 0 Å².